The van der Waals surface area contributed by atoms with Crippen LogP contribution in [0.5, 0.6) is 0 Å². The molecule has 0 spiro atoms. The van der Waals surface area contributed by atoms with E-state index in [1.165, 1.54) is 50.4 Å². The van der Waals surface area contributed by atoms with Gasteiger partial charge in [0.15, 0.2) is 0 Å². The van der Waals surface area contributed by atoms with E-state index in [1.54, 1.807) is 11.3 Å². The second-order valence-corrected chi connectivity index (χ2v) is 5.83. The number of thiazole rings is 1. The minimum atomic E-state index is 0.883. The summed E-state index contributed by atoms with van der Waals surface area (Å²) in [6.45, 7) is 8.12. The second-order valence-electron chi connectivity index (χ2n) is 4.85. The van der Waals surface area contributed by atoms with Gasteiger partial charge in [-0.25, -0.2) is 4.98 Å². The normalized spacial score (nSPS) is 18.6. The zero-order valence-electron chi connectivity index (χ0n) is 10.7. The van der Waals surface area contributed by atoms with Crippen LogP contribution in [0.1, 0.15) is 31.2 Å². The summed E-state index contributed by atoms with van der Waals surface area (Å²) in [5.74, 6) is 0.883. The van der Waals surface area contributed by atoms with Gasteiger partial charge in [0.25, 0.3) is 0 Å². The fraction of sp³-hybridized carbons (Fsp3) is 0.769. The van der Waals surface area contributed by atoms with Gasteiger partial charge in [0.1, 0.15) is 5.01 Å². The molecule has 1 aromatic rings. The highest BCUT2D eigenvalue weighted by Crippen LogP contribution is 2.18. The monoisotopic (exact) mass is 253 g/mol. The summed E-state index contributed by atoms with van der Waals surface area (Å²) in [5, 5.41) is 6.86. The molecule has 0 bridgehead atoms. The van der Waals surface area contributed by atoms with Crippen molar-refractivity contribution in [2.45, 2.75) is 32.7 Å². The molecule has 1 aliphatic heterocycles. The molecule has 1 N–H and O–H groups in total. The van der Waals surface area contributed by atoms with Crippen molar-refractivity contribution >= 4 is 11.3 Å². The fourth-order valence-electron chi connectivity index (χ4n) is 2.35. The van der Waals surface area contributed by atoms with E-state index in [4.69, 9.17) is 0 Å². The minimum Gasteiger partial charge on any atom is -0.316 e. The van der Waals surface area contributed by atoms with Crippen molar-refractivity contribution in [1.29, 1.82) is 0 Å². The van der Waals surface area contributed by atoms with Crippen LogP contribution >= 0.6 is 11.3 Å². The van der Waals surface area contributed by atoms with Gasteiger partial charge in [-0.05, 0) is 51.4 Å². The smallest absolute Gasteiger partial charge is 0.107 e. The number of nitrogens with zero attached hydrogens (tertiary/aromatic N) is 2. The van der Waals surface area contributed by atoms with Crippen LogP contribution in [0.15, 0.2) is 11.6 Å². The van der Waals surface area contributed by atoms with Gasteiger partial charge in [-0.1, -0.05) is 6.92 Å². The second kappa shape index (κ2) is 7.09. The number of hydrogen-bond acceptors (Lipinski definition) is 4. The van der Waals surface area contributed by atoms with Crippen LogP contribution < -0.4 is 5.32 Å². The molecule has 0 radical (unpaired) electrons. The first kappa shape index (κ1) is 13.0. The predicted molar refractivity (Wildman–Crippen MR) is 73.3 cm³/mol. The standard InChI is InChI=1S/C13H23N3S/c1-2-5-14-10-12-3-7-16(8-4-12)11-13-15-6-9-17-13/h6,9,12,14H,2-5,7-8,10-11H2,1H3. The maximum Gasteiger partial charge on any atom is 0.107 e. The van der Waals surface area contributed by atoms with Crippen LogP contribution in [0, 0.1) is 5.92 Å². The quantitative estimate of drug-likeness (QED) is 0.789. The maximum atomic E-state index is 4.35. The van der Waals surface area contributed by atoms with Gasteiger partial charge in [-0.3, -0.25) is 4.90 Å². The van der Waals surface area contributed by atoms with Gasteiger partial charge < -0.3 is 5.32 Å². The molecule has 0 saturated carbocycles. The van der Waals surface area contributed by atoms with Crippen molar-refractivity contribution in [3.8, 4) is 0 Å². The Morgan fingerprint density at radius 2 is 2.29 bits per heavy atom. The van der Waals surface area contributed by atoms with Crippen molar-refractivity contribution in [2.75, 3.05) is 26.2 Å². The number of hydrogen-bond donors (Lipinski definition) is 1. The largest absolute Gasteiger partial charge is 0.316 e. The Morgan fingerprint density at radius 1 is 1.47 bits per heavy atom. The van der Waals surface area contributed by atoms with Gasteiger partial charge >= 0.3 is 0 Å². The highest BCUT2D eigenvalue weighted by Gasteiger charge is 2.19. The fourth-order valence-corrected chi connectivity index (χ4v) is 3.01. The molecular weight excluding hydrogens is 230 g/mol. The third-order valence-electron chi connectivity index (χ3n) is 3.41. The molecule has 0 amide bonds. The number of nitrogens with one attached hydrogen (secondary N) is 1. The molecule has 3 nitrogen and oxygen atoms in total. The Balaban J connectivity index is 1.64. The highest BCUT2D eigenvalue weighted by atomic mass is 32.1. The van der Waals surface area contributed by atoms with E-state index in [9.17, 15) is 0 Å². The Hall–Kier alpha value is -0.450. The number of rotatable bonds is 6. The lowest BCUT2D eigenvalue weighted by Gasteiger charge is -2.31. The van der Waals surface area contributed by atoms with Crippen molar-refractivity contribution in [3.05, 3.63) is 16.6 Å². The summed E-state index contributed by atoms with van der Waals surface area (Å²) in [4.78, 5) is 6.89. The molecule has 17 heavy (non-hydrogen) atoms. The molecule has 0 atom stereocenters. The topological polar surface area (TPSA) is 28.2 Å². The van der Waals surface area contributed by atoms with Crippen molar-refractivity contribution < 1.29 is 0 Å². The lowest BCUT2D eigenvalue weighted by Crippen LogP contribution is -2.37. The lowest BCUT2D eigenvalue weighted by atomic mass is 9.97. The maximum absolute atomic E-state index is 4.35. The van der Waals surface area contributed by atoms with Crippen molar-refractivity contribution in [1.82, 2.24) is 15.2 Å². The average molecular weight is 253 g/mol. The number of likely N-dealkylation sites (tertiary alicyclic amines) is 1. The molecule has 4 heteroatoms. The highest BCUT2D eigenvalue weighted by molar-refractivity contribution is 7.09. The SMILES string of the molecule is CCCNCC1CCN(Cc2nccs2)CC1. The van der Waals surface area contributed by atoms with E-state index in [0.717, 1.165) is 12.5 Å². The van der Waals surface area contributed by atoms with Crippen LogP contribution in [0.4, 0.5) is 0 Å². The number of piperidine rings is 1. The van der Waals surface area contributed by atoms with Gasteiger partial charge in [0, 0.05) is 11.6 Å². The van der Waals surface area contributed by atoms with Crippen LogP contribution in [-0.2, 0) is 6.54 Å². The summed E-state index contributed by atoms with van der Waals surface area (Å²) in [7, 11) is 0. The van der Waals surface area contributed by atoms with Crippen molar-refractivity contribution in [2.24, 2.45) is 5.92 Å². The zero-order chi connectivity index (χ0) is 11.9. The van der Waals surface area contributed by atoms with E-state index in [0.29, 0.717) is 0 Å². The van der Waals surface area contributed by atoms with Gasteiger partial charge in [-0.2, -0.15) is 0 Å². The third kappa shape index (κ3) is 4.37. The molecule has 0 aliphatic carbocycles. The van der Waals surface area contributed by atoms with E-state index in [1.807, 2.05) is 6.20 Å². The molecule has 96 valence electrons. The summed E-state index contributed by atoms with van der Waals surface area (Å²) >= 11 is 1.77. The van der Waals surface area contributed by atoms with Crippen LogP contribution in [0.25, 0.3) is 0 Å². The first-order valence-electron chi connectivity index (χ1n) is 6.70. The number of aromatic nitrogens is 1. The lowest BCUT2D eigenvalue weighted by molar-refractivity contribution is 0.175. The molecule has 0 aromatic carbocycles. The summed E-state index contributed by atoms with van der Waals surface area (Å²) < 4.78 is 0. The molecule has 1 saturated heterocycles. The Morgan fingerprint density at radius 3 is 2.94 bits per heavy atom. The Bertz CT molecular complexity index is 292. The predicted octanol–water partition coefficient (Wildman–Crippen LogP) is 2.35. The zero-order valence-corrected chi connectivity index (χ0v) is 11.5. The Kier molecular flexibility index (Phi) is 5.42. The first-order chi connectivity index (χ1) is 8.38. The van der Waals surface area contributed by atoms with E-state index >= 15 is 0 Å². The molecule has 2 heterocycles. The summed E-state index contributed by atoms with van der Waals surface area (Å²) in [5.41, 5.74) is 0. The van der Waals surface area contributed by atoms with Crippen LogP contribution in [-0.4, -0.2) is 36.1 Å². The summed E-state index contributed by atoms with van der Waals surface area (Å²) in [6, 6.07) is 0. The minimum absolute atomic E-state index is 0.883. The Labute approximate surface area is 108 Å². The van der Waals surface area contributed by atoms with Crippen LogP contribution in [0.3, 0.4) is 0 Å². The molecule has 0 unspecified atom stereocenters. The molecule has 1 aliphatic rings. The third-order valence-corrected chi connectivity index (χ3v) is 4.17. The van der Waals surface area contributed by atoms with E-state index in [-0.39, 0.29) is 0 Å². The first-order valence-corrected chi connectivity index (χ1v) is 7.58. The molecule has 2 rings (SSSR count). The van der Waals surface area contributed by atoms with E-state index in [2.05, 4.69) is 27.5 Å². The van der Waals surface area contributed by atoms with E-state index < -0.39 is 0 Å². The average Bonchev–Trinajstić information content (AvgIpc) is 2.85. The summed E-state index contributed by atoms with van der Waals surface area (Å²) in [6.07, 6.45) is 5.81. The molecule has 1 fully saturated rings. The molecular formula is C13H23N3S. The van der Waals surface area contributed by atoms with Gasteiger partial charge in [0.2, 0.25) is 0 Å². The van der Waals surface area contributed by atoms with Crippen LogP contribution in [0.2, 0.25) is 0 Å². The molecule has 1 aromatic heterocycles. The van der Waals surface area contributed by atoms with Gasteiger partial charge in [-0.15, -0.1) is 11.3 Å². The van der Waals surface area contributed by atoms with Crippen molar-refractivity contribution in [3.63, 3.8) is 0 Å². The van der Waals surface area contributed by atoms with Gasteiger partial charge in [0.05, 0.1) is 6.54 Å².